The van der Waals surface area contributed by atoms with Crippen LogP contribution >= 0.6 is 38.9 Å². The van der Waals surface area contributed by atoms with Crippen LogP contribution in [-0.4, -0.2) is 5.91 Å². The van der Waals surface area contributed by atoms with E-state index in [0.717, 1.165) is 15.5 Å². The minimum absolute atomic E-state index is 0.178. The first-order chi connectivity index (χ1) is 9.61. The van der Waals surface area contributed by atoms with Crippen LogP contribution in [0.2, 0.25) is 5.02 Å². The van der Waals surface area contributed by atoms with E-state index >= 15 is 0 Å². The summed E-state index contributed by atoms with van der Waals surface area (Å²) in [5.74, 6) is -0.178. The molecule has 1 heterocycles. The quantitative estimate of drug-likeness (QED) is 0.631. The monoisotopic (exact) mass is 365 g/mol. The fraction of sp³-hybridized carbons (Fsp3) is 0. The van der Waals surface area contributed by atoms with Gasteiger partial charge in [0.15, 0.2) is 0 Å². The van der Waals surface area contributed by atoms with Gasteiger partial charge in [0.1, 0.15) is 0 Å². The average molecular weight is 367 g/mol. The molecule has 3 aromatic rings. The van der Waals surface area contributed by atoms with Crippen LogP contribution in [0, 0.1) is 0 Å². The Morgan fingerprint density at radius 2 is 2.00 bits per heavy atom. The summed E-state index contributed by atoms with van der Waals surface area (Å²) < 4.78 is 1.98. The fourth-order valence-corrected chi connectivity index (χ4v) is 3.56. The second-order valence-corrected chi connectivity index (χ2v) is 6.59. The molecule has 2 aromatic carbocycles. The van der Waals surface area contributed by atoms with Crippen molar-refractivity contribution in [2.24, 2.45) is 0 Å². The lowest BCUT2D eigenvalue weighted by atomic mass is 10.2. The first-order valence-electron chi connectivity index (χ1n) is 5.86. The Balaban J connectivity index is 1.87. The van der Waals surface area contributed by atoms with Crippen LogP contribution in [0.15, 0.2) is 52.3 Å². The number of hydrogen-bond donors (Lipinski definition) is 1. The minimum atomic E-state index is -0.178. The lowest BCUT2D eigenvalue weighted by Gasteiger charge is -2.06. The van der Waals surface area contributed by atoms with Gasteiger partial charge in [0, 0.05) is 25.4 Å². The number of amides is 1. The first-order valence-corrected chi connectivity index (χ1v) is 7.91. The van der Waals surface area contributed by atoms with Crippen molar-refractivity contribution < 1.29 is 4.79 Å². The van der Waals surface area contributed by atoms with E-state index in [9.17, 15) is 4.79 Å². The highest BCUT2D eigenvalue weighted by atomic mass is 79.9. The Hall–Kier alpha value is -1.36. The molecule has 0 atom stereocenters. The normalized spacial score (nSPS) is 10.7. The topological polar surface area (TPSA) is 29.1 Å². The van der Waals surface area contributed by atoms with E-state index in [1.165, 1.54) is 4.70 Å². The van der Waals surface area contributed by atoms with Crippen LogP contribution < -0.4 is 5.32 Å². The zero-order chi connectivity index (χ0) is 14.1. The van der Waals surface area contributed by atoms with Gasteiger partial charge in [-0.2, -0.15) is 0 Å². The summed E-state index contributed by atoms with van der Waals surface area (Å²) >= 11 is 11.0. The van der Waals surface area contributed by atoms with Crippen molar-refractivity contribution >= 4 is 60.5 Å². The Morgan fingerprint density at radius 3 is 2.80 bits per heavy atom. The predicted octanol–water partition coefficient (Wildman–Crippen LogP) is 5.57. The maximum absolute atomic E-state index is 12.2. The lowest BCUT2D eigenvalue weighted by Crippen LogP contribution is -2.11. The molecule has 100 valence electrons. The van der Waals surface area contributed by atoms with Crippen molar-refractivity contribution in [3.8, 4) is 0 Å². The van der Waals surface area contributed by atoms with Crippen molar-refractivity contribution in [1.82, 2.24) is 0 Å². The maximum atomic E-state index is 12.2. The van der Waals surface area contributed by atoms with Crippen molar-refractivity contribution in [2.75, 3.05) is 5.32 Å². The Kier molecular flexibility index (Phi) is 3.78. The van der Waals surface area contributed by atoms with Crippen LogP contribution in [0.4, 0.5) is 5.69 Å². The van der Waals surface area contributed by atoms with E-state index in [0.29, 0.717) is 10.6 Å². The van der Waals surface area contributed by atoms with E-state index < -0.39 is 0 Å². The van der Waals surface area contributed by atoms with Gasteiger partial charge in [0.25, 0.3) is 5.91 Å². The van der Waals surface area contributed by atoms with E-state index in [2.05, 4.69) is 21.2 Å². The molecular weight excluding hydrogens is 358 g/mol. The number of carbonyl (C=O) groups excluding carboxylic acids is 1. The van der Waals surface area contributed by atoms with Crippen LogP contribution in [-0.2, 0) is 0 Å². The number of hydrogen-bond acceptors (Lipinski definition) is 2. The third-order valence-corrected chi connectivity index (χ3v) is 4.41. The van der Waals surface area contributed by atoms with Gasteiger partial charge < -0.3 is 5.32 Å². The molecule has 1 N–H and O–H groups in total. The zero-order valence-electron chi connectivity index (χ0n) is 10.2. The molecule has 1 aromatic heterocycles. The van der Waals surface area contributed by atoms with Gasteiger partial charge in [-0.3, -0.25) is 4.79 Å². The molecule has 3 rings (SSSR count). The van der Waals surface area contributed by atoms with E-state index in [1.54, 1.807) is 29.5 Å². The first kappa shape index (κ1) is 13.6. The number of thiophene rings is 1. The fourth-order valence-electron chi connectivity index (χ4n) is 1.93. The Bertz CT molecular complexity index is 779. The van der Waals surface area contributed by atoms with Crippen molar-refractivity contribution in [3.05, 3.63) is 62.9 Å². The van der Waals surface area contributed by atoms with Crippen molar-refractivity contribution in [1.29, 1.82) is 0 Å². The number of benzene rings is 2. The summed E-state index contributed by atoms with van der Waals surface area (Å²) in [6.07, 6.45) is 0. The summed E-state index contributed by atoms with van der Waals surface area (Å²) in [4.78, 5) is 12.2. The van der Waals surface area contributed by atoms with Gasteiger partial charge in [-0.25, -0.2) is 0 Å². The largest absolute Gasteiger partial charge is 0.322 e. The highest BCUT2D eigenvalue weighted by Gasteiger charge is 2.08. The number of rotatable bonds is 2. The molecule has 5 heteroatoms. The molecule has 0 aliphatic rings. The molecule has 20 heavy (non-hydrogen) atoms. The number of carbonyl (C=O) groups is 1. The van der Waals surface area contributed by atoms with Gasteiger partial charge in [0.2, 0.25) is 0 Å². The molecule has 2 nitrogen and oxygen atoms in total. The van der Waals surface area contributed by atoms with E-state index in [1.807, 2.05) is 29.6 Å². The van der Waals surface area contributed by atoms with E-state index in [-0.39, 0.29) is 5.91 Å². The summed E-state index contributed by atoms with van der Waals surface area (Å²) in [5.41, 5.74) is 1.30. The number of nitrogens with one attached hydrogen (secondary N) is 1. The number of halogens is 2. The molecule has 0 radical (unpaired) electrons. The standard InChI is InChI=1S/C15H9BrClNOS/c16-11-5-10(6-12(17)8-11)15(19)18-13-1-2-14-9(7-13)3-4-20-14/h1-8H,(H,18,19). The second kappa shape index (κ2) is 5.56. The van der Waals surface area contributed by atoms with Gasteiger partial charge in [-0.05, 0) is 53.2 Å². The molecule has 0 unspecified atom stereocenters. The highest BCUT2D eigenvalue weighted by Crippen LogP contribution is 2.25. The molecule has 0 spiro atoms. The smallest absolute Gasteiger partial charge is 0.255 e. The minimum Gasteiger partial charge on any atom is -0.322 e. The Morgan fingerprint density at radius 1 is 1.15 bits per heavy atom. The van der Waals surface area contributed by atoms with E-state index in [4.69, 9.17) is 11.6 Å². The highest BCUT2D eigenvalue weighted by molar-refractivity contribution is 9.10. The molecular formula is C15H9BrClNOS. The SMILES string of the molecule is O=C(Nc1ccc2sccc2c1)c1cc(Cl)cc(Br)c1. The van der Waals surface area contributed by atoms with Gasteiger partial charge in [0.05, 0.1) is 0 Å². The van der Waals surface area contributed by atoms with Crippen LogP contribution in [0.3, 0.4) is 0 Å². The molecule has 0 aliphatic carbocycles. The predicted molar refractivity (Wildman–Crippen MR) is 88.9 cm³/mol. The zero-order valence-corrected chi connectivity index (χ0v) is 13.3. The number of anilines is 1. The number of fused-ring (bicyclic) bond motifs is 1. The van der Waals surface area contributed by atoms with Gasteiger partial charge in [-0.1, -0.05) is 27.5 Å². The second-order valence-electron chi connectivity index (χ2n) is 4.29. The summed E-state index contributed by atoms with van der Waals surface area (Å²) in [5, 5.41) is 6.56. The molecule has 1 amide bonds. The lowest BCUT2D eigenvalue weighted by molar-refractivity contribution is 0.102. The van der Waals surface area contributed by atoms with Gasteiger partial charge >= 0.3 is 0 Å². The van der Waals surface area contributed by atoms with Gasteiger partial charge in [-0.15, -0.1) is 11.3 Å². The van der Waals surface area contributed by atoms with Crippen LogP contribution in [0.1, 0.15) is 10.4 Å². The summed E-state index contributed by atoms with van der Waals surface area (Å²) in [7, 11) is 0. The summed E-state index contributed by atoms with van der Waals surface area (Å²) in [6.45, 7) is 0. The molecule has 0 aliphatic heterocycles. The Labute approximate surface area is 133 Å². The van der Waals surface area contributed by atoms with Crippen LogP contribution in [0.25, 0.3) is 10.1 Å². The van der Waals surface area contributed by atoms with Crippen molar-refractivity contribution in [2.45, 2.75) is 0 Å². The third kappa shape index (κ3) is 2.87. The molecule has 0 fully saturated rings. The maximum Gasteiger partial charge on any atom is 0.255 e. The summed E-state index contributed by atoms with van der Waals surface area (Å²) in [6, 6.07) is 13.0. The third-order valence-electron chi connectivity index (χ3n) is 2.84. The average Bonchev–Trinajstić information content (AvgIpc) is 2.85. The molecule has 0 saturated carbocycles. The molecule has 0 saturated heterocycles. The van der Waals surface area contributed by atoms with Crippen LogP contribution in [0.5, 0.6) is 0 Å². The van der Waals surface area contributed by atoms with Crippen molar-refractivity contribution in [3.63, 3.8) is 0 Å². The molecule has 0 bridgehead atoms.